The normalized spacial score (nSPS) is 11.0. The van der Waals surface area contributed by atoms with Crippen LogP contribution in [0, 0.1) is 0 Å². The van der Waals surface area contributed by atoms with Crippen LogP contribution >= 0.6 is 0 Å². The van der Waals surface area contributed by atoms with Gasteiger partial charge in [-0.1, -0.05) is 26.0 Å². The average molecular weight is 217 g/mol. The van der Waals surface area contributed by atoms with Crippen LogP contribution in [0.1, 0.15) is 31.2 Å². The largest absolute Gasteiger partial charge is 0.324 e. The summed E-state index contributed by atoms with van der Waals surface area (Å²) in [5, 5.41) is 11.4. The molecule has 0 aliphatic heterocycles. The highest BCUT2D eigenvalue weighted by atomic mass is 15.5. The maximum Gasteiger partial charge on any atom is 0.170 e. The van der Waals surface area contributed by atoms with Gasteiger partial charge in [-0.2, -0.15) is 4.68 Å². The van der Waals surface area contributed by atoms with Crippen LogP contribution in [0.15, 0.2) is 24.3 Å². The second-order valence-corrected chi connectivity index (χ2v) is 3.96. The first-order chi connectivity index (χ1) is 7.72. The first-order valence-electron chi connectivity index (χ1n) is 5.30. The summed E-state index contributed by atoms with van der Waals surface area (Å²) in [7, 11) is 0. The Kier molecular flexibility index (Phi) is 2.96. The zero-order valence-electron chi connectivity index (χ0n) is 9.46. The van der Waals surface area contributed by atoms with E-state index in [-0.39, 0.29) is 0 Å². The molecule has 84 valence electrons. The van der Waals surface area contributed by atoms with Crippen LogP contribution in [0.2, 0.25) is 0 Å². The topological polar surface area (TPSA) is 69.6 Å². The van der Waals surface area contributed by atoms with Crippen LogP contribution in [-0.2, 0) is 6.54 Å². The molecule has 0 aliphatic carbocycles. The van der Waals surface area contributed by atoms with Gasteiger partial charge in [0.15, 0.2) is 5.82 Å². The van der Waals surface area contributed by atoms with Crippen molar-refractivity contribution in [3.05, 3.63) is 35.7 Å². The van der Waals surface area contributed by atoms with Crippen LogP contribution in [0.5, 0.6) is 0 Å². The molecule has 0 saturated carbocycles. The summed E-state index contributed by atoms with van der Waals surface area (Å²) in [6, 6.07) is 8.18. The Balaban J connectivity index is 2.35. The lowest BCUT2D eigenvalue weighted by molar-refractivity contribution is 0.759. The quantitative estimate of drug-likeness (QED) is 0.839. The van der Waals surface area contributed by atoms with Crippen LogP contribution in [0.3, 0.4) is 0 Å². The third kappa shape index (κ3) is 1.94. The third-order valence-corrected chi connectivity index (χ3v) is 2.52. The van der Waals surface area contributed by atoms with Gasteiger partial charge in [0.25, 0.3) is 0 Å². The number of benzene rings is 1. The van der Waals surface area contributed by atoms with E-state index in [0.29, 0.717) is 18.3 Å². The van der Waals surface area contributed by atoms with E-state index in [1.54, 1.807) is 4.68 Å². The Hall–Kier alpha value is -1.75. The molecular weight excluding hydrogens is 202 g/mol. The minimum Gasteiger partial charge on any atom is -0.324 e. The maximum absolute atomic E-state index is 5.55. The van der Waals surface area contributed by atoms with E-state index < -0.39 is 0 Å². The zero-order chi connectivity index (χ0) is 11.5. The van der Waals surface area contributed by atoms with Crippen molar-refractivity contribution >= 4 is 0 Å². The molecule has 1 aromatic heterocycles. The smallest absolute Gasteiger partial charge is 0.170 e. The third-order valence-electron chi connectivity index (χ3n) is 2.52. The summed E-state index contributed by atoms with van der Waals surface area (Å²) < 4.78 is 1.66. The van der Waals surface area contributed by atoms with Crippen LogP contribution in [-0.4, -0.2) is 20.2 Å². The van der Waals surface area contributed by atoms with E-state index in [1.165, 1.54) is 5.56 Å². The number of hydrogen-bond acceptors (Lipinski definition) is 4. The monoisotopic (exact) mass is 217 g/mol. The van der Waals surface area contributed by atoms with E-state index in [0.717, 1.165) is 5.69 Å². The molecule has 2 rings (SSSR count). The van der Waals surface area contributed by atoms with Gasteiger partial charge in [-0.25, -0.2) is 0 Å². The number of hydrogen-bond donors (Lipinski definition) is 1. The average Bonchev–Trinajstić information content (AvgIpc) is 2.77. The molecule has 0 unspecified atom stereocenters. The van der Waals surface area contributed by atoms with Gasteiger partial charge >= 0.3 is 0 Å². The van der Waals surface area contributed by atoms with E-state index in [9.17, 15) is 0 Å². The molecule has 0 bridgehead atoms. The predicted molar refractivity (Wildman–Crippen MR) is 61.1 cm³/mol. The van der Waals surface area contributed by atoms with E-state index >= 15 is 0 Å². The van der Waals surface area contributed by atoms with Crippen molar-refractivity contribution in [1.82, 2.24) is 20.2 Å². The summed E-state index contributed by atoms with van der Waals surface area (Å²) in [6.45, 7) is 4.66. The van der Waals surface area contributed by atoms with Gasteiger partial charge in [0.2, 0.25) is 0 Å². The molecule has 0 amide bonds. The van der Waals surface area contributed by atoms with Gasteiger partial charge in [-0.3, -0.25) is 0 Å². The Bertz CT molecular complexity index is 457. The van der Waals surface area contributed by atoms with Crippen LogP contribution < -0.4 is 5.73 Å². The molecule has 0 aliphatic rings. The van der Waals surface area contributed by atoms with E-state index in [4.69, 9.17) is 5.73 Å². The number of nitrogens with zero attached hydrogens (tertiary/aromatic N) is 4. The number of rotatable bonds is 3. The standard InChI is InChI=1S/C11H15N5/c1-8(2)9-3-5-10(6-4-9)16-11(7-12)13-14-15-16/h3-6,8H,7,12H2,1-2H3. The lowest BCUT2D eigenvalue weighted by Crippen LogP contribution is -2.08. The van der Waals surface area contributed by atoms with Crippen molar-refractivity contribution in [2.75, 3.05) is 0 Å². The van der Waals surface area contributed by atoms with E-state index in [2.05, 4.69) is 41.5 Å². The lowest BCUT2D eigenvalue weighted by Gasteiger charge is -2.07. The summed E-state index contributed by atoms with van der Waals surface area (Å²) in [6.07, 6.45) is 0. The van der Waals surface area contributed by atoms with Crippen molar-refractivity contribution < 1.29 is 0 Å². The van der Waals surface area contributed by atoms with Gasteiger partial charge < -0.3 is 5.73 Å². The second kappa shape index (κ2) is 4.40. The fourth-order valence-electron chi connectivity index (χ4n) is 1.53. The molecule has 2 aromatic rings. The molecular formula is C11H15N5. The molecule has 1 heterocycles. The Morgan fingerprint density at radius 1 is 1.25 bits per heavy atom. The predicted octanol–water partition coefficient (Wildman–Crippen LogP) is 1.24. The first-order valence-corrected chi connectivity index (χ1v) is 5.30. The van der Waals surface area contributed by atoms with Crippen LogP contribution in [0.25, 0.3) is 5.69 Å². The molecule has 0 fully saturated rings. The van der Waals surface area contributed by atoms with Gasteiger partial charge in [0.1, 0.15) is 0 Å². The molecule has 5 nitrogen and oxygen atoms in total. The van der Waals surface area contributed by atoms with Crippen molar-refractivity contribution in [3.63, 3.8) is 0 Å². The molecule has 0 spiro atoms. The van der Waals surface area contributed by atoms with Crippen molar-refractivity contribution in [2.45, 2.75) is 26.3 Å². The highest BCUT2D eigenvalue weighted by molar-refractivity contribution is 5.35. The summed E-state index contributed by atoms with van der Waals surface area (Å²) in [4.78, 5) is 0. The van der Waals surface area contributed by atoms with Crippen molar-refractivity contribution in [3.8, 4) is 5.69 Å². The Morgan fingerprint density at radius 2 is 1.94 bits per heavy atom. The number of aromatic nitrogens is 4. The van der Waals surface area contributed by atoms with Gasteiger partial charge in [0, 0.05) is 0 Å². The highest BCUT2D eigenvalue weighted by Crippen LogP contribution is 2.16. The molecule has 5 heteroatoms. The Morgan fingerprint density at radius 3 is 2.50 bits per heavy atom. The summed E-state index contributed by atoms with van der Waals surface area (Å²) >= 11 is 0. The van der Waals surface area contributed by atoms with Crippen molar-refractivity contribution in [1.29, 1.82) is 0 Å². The highest BCUT2D eigenvalue weighted by Gasteiger charge is 2.06. The molecule has 0 atom stereocenters. The van der Waals surface area contributed by atoms with Gasteiger partial charge in [0.05, 0.1) is 12.2 Å². The number of tetrazole rings is 1. The van der Waals surface area contributed by atoms with E-state index in [1.807, 2.05) is 12.1 Å². The molecule has 2 N–H and O–H groups in total. The molecule has 0 radical (unpaired) electrons. The molecule has 1 aromatic carbocycles. The lowest BCUT2D eigenvalue weighted by atomic mass is 10.0. The minimum absolute atomic E-state index is 0.332. The number of nitrogens with two attached hydrogens (primary N) is 1. The SMILES string of the molecule is CC(C)c1ccc(-n2nnnc2CN)cc1. The fourth-order valence-corrected chi connectivity index (χ4v) is 1.53. The van der Waals surface area contributed by atoms with Gasteiger partial charge in [-0.05, 0) is 34.0 Å². The van der Waals surface area contributed by atoms with Gasteiger partial charge in [-0.15, -0.1) is 5.10 Å². The summed E-state index contributed by atoms with van der Waals surface area (Å²) in [5.41, 5.74) is 7.78. The second-order valence-electron chi connectivity index (χ2n) is 3.96. The Labute approximate surface area is 94.3 Å². The van der Waals surface area contributed by atoms with Crippen molar-refractivity contribution in [2.24, 2.45) is 5.73 Å². The maximum atomic E-state index is 5.55. The van der Waals surface area contributed by atoms with Crippen LogP contribution in [0.4, 0.5) is 0 Å². The molecule has 0 saturated heterocycles. The summed E-state index contributed by atoms with van der Waals surface area (Å²) in [5.74, 6) is 1.19. The molecule has 16 heavy (non-hydrogen) atoms. The fraction of sp³-hybridized carbons (Fsp3) is 0.364. The minimum atomic E-state index is 0.332. The first kappa shape index (κ1) is 10.8. The zero-order valence-corrected chi connectivity index (χ0v) is 9.46.